The van der Waals surface area contributed by atoms with E-state index in [-0.39, 0.29) is 11.7 Å². The van der Waals surface area contributed by atoms with E-state index in [2.05, 4.69) is 13.8 Å². The molecule has 0 spiro atoms. The molecule has 17 heavy (non-hydrogen) atoms. The van der Waals surface area contributed by atoms with Gasteiger partial charge < -0.3 is 5.11 Å². The Bertz CT molecular complexity index is 409. The van der Waals surface area contributed by atoms with E-state index in [1.54, 1.807) is 6.92 Å². The van der Waals surface area contributed by atoms with Crippen LogP contribution in [0.25, 0.3) is 0 Å². The van der Waals surface area contributed by atoms with Crippen LogP contribution in [0.2, 0.25) is 0 Å². The highest BCUT2D eigenvalue weighted by atomic mass is 32.2. The summed E-state index contributed by atoms with van der Waals surface area (Å²) in [6.45, 7) is 5.89. The number of benzene rings is 1. The van der Waals surface area contributed by atoms with Gasteiger partial charge in [-0.05, 0) is 30.5 Å². The fourth-order valence-corrected chi connectivity index (χ4v) is 2.70. The van der Waals surface area contributed by atoms with Crippen LogP contribution in [0.15, 0.2) is 29.2 Å². The van der Waals surface area contributed by atoms with Gasteiger partial charge in [0.2, 0.25) is 0 Å². The third-order valence-electron chi connectivity index (χ3n) is 2.61. The van der Waals surface area contributed by atoms with E-state index in [9.17, 15) is 9.00 Å². The van der Waals surface area contributed by atoms with Crippen LogP contribution in [-0.4, -0.2) is 20.5 Å². The zero-order valence-corrected chi connectivity index (χ0v) is 11.2. The highest BCUT2D eigenvalue weighted by molar-refractivity contribution is 7.85. The number of hydrogen-bond acceptors (Lipinski definition) is 2. The average molecular weight is 254 g/mol. The topological polar surface area (TPSA) is 54.4 Å². The van der Waals surface area contributed by atoms with E-state index in [4.69, 9.17) is 5.11 Å². The molecule has 0 saturated heterocycles. The Morgan fingerprint density at radius 2 is 1.76 bits per heavy atom. The predicted octanol–water partition coefficient (Wildman–Crippen LogP) is 2.78. The summed E-state index contributed by atoms with van der Waals surface area (Å²) in [6, 6.07) is 7.55. The molecular formula is C13H18O3S. The first-order chi connectivity index (χ1) is 7.91. The summed E-state index contributed by atoms with van der Waals surface area (Å²) in [5.41, 5.74) is 1.19. The molecule has 1 rings (SSSR count). The van der Waals surface area contributed by atoms with Gasteiger partial charge in [-0.3, -0.25) is 9.00 Å². The summed E-state index contributed by atoms with van der Waals surface area (Å²) < 4.78 is 12.0. The summed E-state index contributed by atoms with van der Waals surface area (Å²) >= 11 is 0. The number of carboxylic acid groups (broad SMARTS) is 1. The summed E-state index contributed by atoms with van der Waals surface area (Å²) in [4.78, 5) is 11.3. The highest BCUT2D eigenvalue weighted by Gasteiger charge is 2.16. The zero-order chi connectivity index (χ0) is 13.0. The second-order valence-electron chi connectivity index (χ2n) is 4.43. The minimum absolute atomic E-state index is 0.0709. The van der Waals surface area contributed by atoms with Crippen LogP contribution in [0.1, 0.15) is 38.7 Å². The van der Waals surface area contributed by atoms with Crippen LogP contribution in [0.4, 0.5) is 0 Å². The monoisotopic (exact) mass is 254 g/mol. The van der Waals surface area contributed by atoms with Crippen LogP contribution < -0.4 is 0 Å². The number of carboxylic acids is 1. The van der Waals surface area contributed by atoms with Crippen LogP contribution in [0, 0.1) is 0 Å². The van der Waals surface area contributed by atoms with Gasteiger partial charge in [-0.1, -0.05) is 26.0 Å². The van der Waals surface area contributed by atoms with Gasteiger partial charge in [0.05, 0.1) is 17.2 Å². The predicted molar refractivity (Wildman–Crippen MR) is 68.7 cm³/mol. The molecule has 0 amide bonds. The molecule has 1 aromatic rings. The van der Waals surface area contributed by atoms with Crippen molar-refractivity contribution in [1.82, 2.24) is 0 Å². The molecule has 0 heterocycles. The van der Waals surface area contributed by atoms with Crippen molar-refractivity contribution in [2.45, 2.75) is 43.3 Å². The van der Waals surface area contributed by atoms with Crippen molar-refractivity contribution in [2.24, 2.45) is 0 Å². The molecule has 2 unspecified atom stereocenters. The Morgan fingerprint density at radius 1 is 1.24 bits per heavy atom. The van der Waals surface area contributed by atoms with Crippen molar-refractivity contribution >= 4 is 16.8 Å². The summed E-state index contributed by atoms with van der Waals surface area (Å²) in [5, 5.41) is 8.30. The highest BCUT2D eigenvalue weighted by Crippen LogP contribution is 2.18. The molecule has 0 aliphatic heterocycles. The molecule has 0 aliphatic rings. The molecule has 0 aromatic heterocycles. The maximum atomic E-state index is 12.0. The summed E-state index contributed by atoms with van der Waals surface area (Å²) in [6.07, 6.45) is -0.0709. The molecule has 0 radical (unpaired) electrons. The van der Waals surface area contributed by atoms with Gasteiger partial charge in [0.1, 0.15) is 0 Å². The Morgan fingerprint density at radius 3 is 2.18 bits per heavy atom. The van der Waals surface area contributed by atoms with Crippen molar-refractivity contribution in [1.29, 1.82) is 0 Å². The van der Waals surface area contributed by atoms with Gasteiger partial charge >= 0.3 is 5.97 Å². The zero-order valence-electron chi connectivity index (χ0n) is 10.3. The SMILES string of the molecule is CC(C)c1ccc(S(=O)C(C)CC(=O)O)cc1. The number of rotatable bonds is 5. The maximum absolute atomic E-state index is 12.0. The molecule has 1 N–H and O–H groups in total. The standard InChI is InChI=1S/C13H18O3S/c1-9(2)11-4-6-12(7-5-11)17(16)10(3)8-13(14)15/h4-7,9-10H,8H2,1-3H3,(H,14,15). The van der Waals surface area contributed by atoms with Crippen LogP contribution in [0.5, 0.6) is 0 Å². The fourth-order valence-electron chi connectivity index (χ4n) is 1.54. The Hall–Kier alpha value is -1.16. The van der Waals surface area contributed by atoms with Crippen molar-refractivity contribution < 1.29 is 14.1 Å². The molecule has 0 fully saturated rings. The lowest BCUT2D eigenvalue weighted by Crippen LogP contribution is -2.15. The maximum Gasteiger partial charge on any atom is 0.304 e. The Balaban J connectivity index is 2.79. The second kappa shape index (κ2) is 5.96. The molecule has 0 aliphatic carbocycles. The molecular weight excluding hydrogens is 236 g/mol. The van der Waals surface area contributed by atoms with Gasteiger partial charge in [-0.25, -0.2) is 0 Å². The van der Waals surface area contributed by atoms with Gasteiger partial charge in [0, 0.05) is 10.1 Å². The quantitative estimate of drug-likeness (QED) is 0.879. The van der Waals surface area contributed by atoms with Crippen molar-refractivity contribution in [2.75, 3.05) is 0 Å². The lowest BCUT2D eigenvalue weighted by Gasteiger charge is -2.10. The Labute approximate surface area is 104 Å². The van der Waals surface area contributed by atoms with E-state index in [1.165, 1.54) is 5.56 Å². The van der Waals surface area contributed by atoms with Crippen LogP contribution in [-0.2, 0) is 15.6 Å². The van der Waals surface area contributed by atoms with Crippen molar-refractivity contribution in [3.05, 3.63) is 29.8 Å². The van der Waals surface area contributed by atoms with E-state index < -0.39 is 16.8 Å². The van der Waals surface area contributed by atoms with Gasteiger partial charge in [-0.2, -0.15) is 0 Å². The van der Waals surface area contributed by atoms with Crippen molar-refractivity contribution in [3.63, 3.8) is 0 Å². The van der Waals surface area contributed by atoms with E-state index >= 15 is 0 Å². The molecule has 3 nitrogen and oxygen atoms in total. The smallest absolute Gasteiger partial charge is 0.304 e. The molecule has 0 saturated carbocycles. The van der Waals surface area contributed by atoms with Gasteiger partial charge in [0.15, 0.2) is 0 Å². The molecule has 4 heteroatoms. The molecule has 2 atom stereocenters. The van der Waals surface area contributed by atoms with E-state index in [0.29, 0.717) is 10.8 Å². The lowest BCUT2D eigenvalue weighted by molar-refractivity contribution is -0.136. The van der Waals surface area contributed by atoms with Crippen molar-refractivity contribution in [3.8, 4) is 0 Å². The average Bonchev–Trinajstić information content (AvgIpc) is 2.27. The third kappa shape index (κ3) is 3.97. The first-order valence-corrected chi connectivity index (χ1v) is 6.85. The first-order valence-electron chi connectivity index (χ1n) is 5.64. The number of hydrogen-bond donors (Lipinski definition) is 1. The molecule has 0 bridgehead atoms. The number of aliphatic carboxylic acids is 1. The van der Waals surface area contributed by atoms with Gasteiger partial charge in [0.25, 0.3) is 0 Å². The minimum Gasteiger partial charge on any atom is -0.481 e. The summed E-state index contributed by atoms with van der Waals surface area (Å²) in [5.74, 6) is -0.474. The third-order valence-corrected chi connectivity index (χ3v) is 4.24. The van der Waals surface area contributed by atoms with Gasteiger partial charge in [-0.15, -0.1) is 0 Å². The largest absolute Gasteiger partial charge is 0.481 e. The lowest BCUT2D eigenvalue weighted by atomic mass is 10.0. The van der Waals surface area contributed by atoms with E-state index in [0.717, 1.165) is 0 Å². The number of carbonyl (C=O) groups is 1. The molecule has 94 valence electrons. The normalized spacial score (nSPS) is 14.6. The van der Waals surface area contributed by atoms with E-state index in [1.807, 2.05) is 24.3 Å². The molecule has 1 aromatic carbocycles. The first kappa shape index (κ1) is 13.9. The Kier molecular flexibility index (Phi) is 4.87. The van der Waals surface area contributed by atoms with Crippen LogP contribution in [0.3, 0.4) is 0 Å². The summed E-state index contributed by atoms with van der Waals surface area (Å²) in [7, 11) is -1.25. The van der Waals surface area contributed by atoms with Crippen LogP contribution >= 0.6 is 0 Å². The fraction of sp³-hybridized carbons (Fsp3) is 0.462. The minimum atomic E-state index is -1.25. The second-order valence-corrected chi connectivity index (χ2v) is 6.30.